The van der Waals surface area contributed by atoms with Crippen molar-refractivity contribution >= 4 is 27.5 Å². The number of hydrogen-bond acceptors (Lipinski definition) is 3. The van der Waals surface area contributed by atoms with Gasteiger partial charge in [0.1, 0.15) is 11.5 Å². The lowest BCUT2D eigenvalue weighted by molar-refractivity contribution is 0.413. The fourth-order valence-electron chi connectivity index (χ4n) is 5.13. The van der Waals surface area contributed by atoms with E-state index in [1.54, 1.807) is 14.2 Å². The lowest BCUT2D eigenvalue weighted by atomic mass is 10.1. The molecule has 1 aliphatic rings. The summed E-state index contributed by atoms with van der Waals surface area (Å²) < 4.78 is 13.6. The molecule has 3 heterocycles. The van der Waals surface area contributed by atoms with Crippen LogP contribution in [0.25, 0.3) is 21.8 Å². The minimum Gasteiger partial charge on any atom is -0.497 e. The van der Waals surface area contributed by atoms with Crippen LogP contribution in [0.5, 0.6) is 11.5 Å². The number of aryl methyl sites for hydroxylation is 2. The Balaban J connectivity index is 1.29. The average molecular weight is 432 g/mol. The van der Waals surface area contributed by atoms with Crippen LogP contribution in [0.4, 0.5) is 5.69 Å². The summed E-state index contributed by atoms with van der Waals surface area (Å²) in [6.45, 7) is 3.27. The van der Waals surface area contributed by atoms with Crippen molar-refractivity contribution in [3.63, 3.8) is 0 Å². The summed E-state index contributed by atoms with van der Waals surface area (Å²) in [5.41, 5.74) is 5.13. The Morgan fingerprint density at radius 1 is 0.906 bits per heavy atom. The van der Waals surface area contributed by atoms with Crippen molar-refractivity contribution < 1.29 is 9.47 Å². The predicted octanol–water partition coefficient (Wildman–Crippen LogP) is 6.15. The maximum absolute atomic E-state index is 5.74. The second-order valence-electron chi connectivity index (χ2n) is 8.79. The van der Waals surface area contributed by atoms with E-state index in [0.29, 0.717) is 0 Å². The van der Waals surface area contributed by atoms with Crippen LogP contribution in [-0.2, 0) is 13.0 Å². The quantitative estimate of drug-likeness (QED) is 0.340. The molecule has 5 rings (SSSR count). The van der Waals surface area contributed by atoms with E-state index in [0.717, 1.165) is 50.4 Å². The molecule has 5 heteroatoms. The maximum atomic E-state index is 5.74. The molecule has 0 radical (unpaired) electrons. The van der Waals surface area contributed by atoms with Gasteiger partial charge in [-0.15, -0.1) is 0 Å². The molecule has 1 aliphatic heterocycles. The molecule has 0 aliphatic carbocycles. The molecule has 0 atom stereocenters. The molecule has 32 heavy (non-hydrogen) atoms. The topological polar surface area (TPSA) is 42.4 Å². The van der Waals surface area contributed by atoms with Gasteiger partial charge in [0, 0.05) is 48.3 Å². The normalized spacial score (nSPS) is 14.4. The number of aromatic nitrogens is 2. The number of unbranched alkanes of at least 4 members (excludes halogenated alkanes) is 1. The highest BCUT2D eigenvalue weighted by Crippen LogP contribution is 2.38. The lowest BCUT2D eigenvalue weighted by Crippen LogP contribution is -2.29. The van der Waals surface area contributed by atoms with E-state index in [2.05, 4.69) is 57.2 Å². The van der Waals surface area contributed by atoms with Gasteiger partial charge in [0.25, 0.3) is 0 Å². The Morgan fingerprint density at radius 3 is 2.59 bits per heavy atom. The van der Waals surface area contributed by atoms with Gasteiger partial charge in [0.05, 0.1) is 25.4 Å². The molecular formula is C27H33N3O2. The van der Waals surface area contributed by atoms with Gasteiger partial charge in [-0.05, 0) is 80.5 Å². The number of nitrogens with zero attached hydrogens (tertiary/aromatic N) is 2. The third-order valence-electron chi connectivity index (χ3n) is 6.85. The number of methoxy groups -OCH3 is 2. The molecule has 1 saturated heterocycles. The highest BCUT2D eigenvalue weighted by atomic mass is 16.5. The van der Waals surface area contributed by atoms with Crippen molar-refractivity contribution in [1.82, 2.24) is 9.55 Å². The lowest BCUT2D eigenvalue weighted by Gasteiger charge is -2.30. The largest absolute Gasteiger partial charge is 0.497 e. The first-order chi connectivity index (χ1) is 15.8. The monoisotopic (exact) mass is 431 g/mol. The summed E-state index contributed by atoms with van der Waals surface area (Å²) in [7, 11) is 3.51. The van der Waals surface area contributed by atoms with Crippen LogP contribution < -0.4 is 14.4 Å². The minimum atomic E-state index is 0.914. The molecule has 0 spiro atoms. The van der Waals surface area contributed by atoms with Crippen LogP contribution in [0.2, 0.25) is 0 Å². The first-order valence-corrected chi connectivity index (χ1v) is 11.8. The third kappa shape index (κ3) is 3.92. The number of ether oxygens (including phenoxy) is 2. The number of rotatable bonds is 8. The number of aromatic amines is 1. The summed E-state index contributed by atoms with van der Waals surface area (Å²) in [6.07, 6.45) is 11.6. The van der Waals surface area contributed by atoms with Crippen LogP contribution in [0.3, 0.4) is 0 Å². The molecule has 1 N–H and O–H groups in total. The molecule has 2 aromatic heterocycles. The zero-order valence-electron chi connectivity index (χ0n) is 19.2. The van der Waals surface area contributed by atoms with Crippen molar-refractivity contribution in [2.45, 2.75) is 45.1 Å². The summed E-state index contributed by atoms with van der Waals surface area (Å²) in [6, 6.07) is 12.9. The van der Waals surface area contributed by atoms with Crippen molar-refractivity contribution in [1.29, 1.82) is 0 Å². The van der Waals surface area contributed by atoms with E-state index in [1.165, 1.54) is 52.3 Å². The fraction of sp³-hybridized carbons (Fsp3) is 0.407. The number of hydrogen-bond donors (Lipinski definition) is 1. The molecule has 2 aromatic carbocycles. The molecule has 0 unspecified atom stereocenters. The summed E-state index contributed by atoms with van der Waals surface area (Å²) in [5.74, 6) is 1.91. The zero-order chi connectivity index (χ0) is 21.9. The van der Waals surface area contributed by atoms with Crippen LogP contribution >= 0.6 is 0 Å². The Morgan fingerprint density at radius 2 is 1.78 bits per heavy atom. The van der Waals surface area contributed by atoms with Gasteiger partial charge in [-0.25, -0.2) is 0 Å². The van der Waals surface area contributed by atoms with Gasteiger partial charge in [0.15, 0.2) is 0 Å². The molecule has 5 nitrogen and oxygen atoms in total. The number of fused-ring (bicyclic) bond motifs is 2. The highest BCUT2D eigenvalue weighted by Gasteiger charge is 2.19. The number of anilines is 1. The van der Waals surface area contributed by atoms with Crippen molar-refractivity contribution in [2.75, 3.05) is 32.2 Å². The van der Waals surface area contributed by atoms with Crippen molar-refractivity contribution in [3.8, 4) is 11.5 Å². The van der Waals surface area contributed by atoms with Gasteiger partial charge >= 0.3 is 0 Å². The molecule has 1 fully saturated rings. The summed E-state index contributed by atoms with van der Waals surface area (Å²) >= 11 is 0. The van der Waals surface area contributed by atoms with E-state index in [4.69, 9.17) is 9.47 Å². The Hall–Kier alpha value is -3.08. The average Bonchev–Trinajstić information content (AvgIpc) is 3.45. The van der Waals surface area contributed by atoms with E-state index in [9.17, 15) is 0 Å². The van der Waals surface area contributed by atoms with Gasteiger partial charge < -0.3 is 23.9 Å². The van der Waals surface area contributed by atoms with Gasteiger partial charge in [-0.3, -0.25) is 0 Å². The van der Waals surface area contributed by atoms with Gasteiger partial charge in [-0.2, -0.15) is 0 Å². The number of nitrogens with one attached hydrogen (secondary N) is 1. The molecule has 0 saturated carbocycles. The molecular weight excluding hydrogens is 398 g/mol. The number of benzene rings is 2. The van der Waals surface area contributed by atoms with E-state index in [-0.39, 0.29) is 0 Å². The minimum absolute atomic E-state index is 0.914. The SMILES string of the molecule is COc1ccc2[nH]cc(CCCCn3ccc4c(N5CCCCC5)c(OC)ccc43)c2c1. The molecule has 0 bridgehead atoms. The highest BCUT2D eigenvalue weighted by molar-refractivity contribution is 5.96. The smallest absolute Gasteiger partial charge is 0.142 e. The second-order valence-corrected chi connectivity index (χ2v) is 8.79. The van der Waals surface area contributed by atoms with Gasteiger partial charge in [0.2, 0.25) is 0 Å². The van der Waals surface area contributed by atoms with Crippen LogP contribution in [0.15, 0.2) is 48.8 Å². The van der Waals surface area contributed by atoms with E-state index < -0.39 is 0 Å². The van der Waals surface area contributed by atoms with E-state index >= 15 is 0 Å². The number of piperidine rings is 1. The Labute approximate surface area is 189 Å². The Bertz CT molecular complexity index is 1200. The standard InChI is InChI=1S/C27H33N3O2/c1-31-21-9-10-24-23(18-21)20(19-28-24)8-4-7-14-29-17-13-22-25(29)11-12-26(32-2)27(22)30-15-5-3-6-16-30/h9-13,17-19,28H,3-8,14-16H2,1-2H3. The first-order valence-electron chi connectivity index (χ1n) is 11.8. The third-order valence-corrected chi connectivity index (χ3v) is 6.85. The van der Waals surface area contributed by atoms with Gasteiger partial charge in [-0.1, -0.05) is 0 Å². The summed E-state index contributed by atoms with van der Waals surface area (Å²) in [5, 5.41) is 2.59. The Kier molecular flexibility index (Phi) is 5.97. The first kappa shape index (κ1) is 20.8. The van der Waals surface area contributed by atoms with Crippen LogP contribution in [-0.4, -0.2) is 36.9 Å². The molecule has 0 amide bonds. The van der Waals surface area contributed by atoms with Crippen LogP contribution in [0, 0.1) is 0 Å². The summed E-state index contributed by atoms with van der Waals surface area (Å²) in [4.78, 5) is 5.90. The zero-order valence-corrected chi connectivity index (χ0v) is 19.2. The maximum Gasteiger partial charge on any atom is 0.142 e. The predicted molar refractivity (Wildman–Crippen MR) is 132 cm³/mol. The second kappa shape index (κ2) is 9.19. The fourth-order valence-corrected chi connectivity index (χ4v) is 5.13. The van der Waals surface area contributed by atoms with Crippen molar-refractivity contribution in [2.24, 2.45) is 0 Å². The van der Waals surface area contributed by atoms with E-state index in [1.807, 2.05) is 6.07 Å². The van der Waals surface area contributed by atoms with Crippen LogP contribution in [0.1, 0.15) is 37.7 Å². The molecule has 4 aromatic rings. The molecule has 168 valence electrons. The number of H-pyrrole nitrogens is 1. The van der Waals surface area contributed by atoms with Crippen molar-refractivity contribution in [3.05, 3.63) is 54.4 Å².